The maximum absolute atomic E-state index is 2.61. The van der Waals surface area contributed by atoms with E-state index >= 15 is 0 Å². The minimum Gasteiger partial charge on any atom is -0.378 e. The zero-order valence-electron chi connectivity index (χ0n) is 15.2. The van der Waals surface area contributed by atoms with Gasteiger partial charge in [0, 0.05) is 19.6 Å². The van der Waals surface area contributed by atoms with Gasteiger partial charge in [0.2, 0.25) is 0 Å². The summed E-state index contributed by atoms with van der Waals surface area (Å²) in [6.45, 7) is 15.2. The monoisotopic (exact) mass is 296 g/mol. The van der Waals surface area contributed by atoms with Gasteiger partial charge >= 0.3 is 0 Å². The number of hydrogen-bond acceptors (Lipinski definition) is 2. The minimum atomic E-state index is 1.12. The van der Waals surface area contributed by atoms with E-state index in [1.807, 2.05) is 0 Å². The molecule has 0 aliphatic carbocycles. The Morgan fingerprint density at radius 1 is 0.619 bits per heavy atom. The molecular formula is C19H40N2. The molecule has 0 saturated heterocycles. The fourth-order valence-corrected chi connectivity index (χ4v) is 2.39. The van der Waals surface area contributed by atoms with Crippen LogP contribution >= 0.6 is 0 Å². The molecule has 0 aromatic heterocycles. The van der Waals surface area contributed by atoms with Crippen molar-refractivity contribution < 1.29 is 0 Å². The Morgan fingerprint density at radius 2 is 1.05 bits per heavy atom. The van der Waals surface area contributed by atoms with Crippen LogP contribution in [0.3, 0.4) is 0 Å². The molecule has 0 fully saturated rings. The lowest BCUT2D eigenvalue weighted by atomic mass is 10.2. The second kappa shape index (κ2) is 15.9. The van der Waals surface area contributed by atoms with Crippen LogP contribution in [-0.2, 0) is 0 Å². The second-order valence-corrected chi connectivity index (χ2v) is 6.14. The van der Waals surface area contributed by atoms with Gasteiger partial charge < -0.3 is 4.90 Å². The largest absolute Gasteiger partial charge is 0.378 e. The predicted octanol–water partition coefficient (Wildman–Crippen LogP) is 5.30. The van der Waals surface area contributed by atoms with Gasteiger partial charge in [-0.2, -0.15) is 0 Å². The van der Waals surface area contributed by atoms with Crippen LogP contribution < -0.4 is 0 Å². The van der Waals surface area contributed by atoms with Crippen LogP contribution in [0.25, 0.3) is 0 Å². The highest BCUT2D eigenvalue weighted by Crippen LogP contribution is 2.02. The average molecular weight is 297 g/mol. The van der Waals surface area contributed by atoms with Crippen molar-refractivity contribution in [3.63, 3.8) is 0 Å². The molecule has 0 amide bonds. The van der Waals surface area contributed by atoms with Crippen molar-refractivity contribution in [3.05, 3.63) is 12.3 Å². The van der Waals surface area contributed by atoms with Gasteiger partial charge in [-0.3, -0.25) is 4.90 Å². The molecule has 0 radical (unpaired) electrons. The normalized spacial score (nSPS) is 11.7. The Kier molecular flexibility index (Phi) is 15.5. The van der Waals surface area contributed by atoms with Crippen molar-refractivity contribution in [2.24, 2.45) is 0 Å². The lowest BCUT2D eigenvalue weighted by Crippen LogP contribution is -2.27. The molecule has 0 heterocycles. The first-order valence-electron chi connectivity index (χ1n) is 9.41. The summed E-state index contributed by atoms with van der Waals surface area (Å²) < 4.78 is 0. The first-order chi connectivity index (χ1) is 10.3. The van der Waals surface area contributed by atoms with Crippen molar-refractivity contribution in [1.82, 2.24) is 9.80 Å². The standard InChI is InChI=1S/C19H40N2/c1-5-9-14-20(15-10-6-2)18-13-19-21(16-11-7-3)17-12-8-4/h13,18H,5-12,14-17,19H2,1-4H3. The molecule has 0 bridgehead atoms. The molecule has 0 unspecified atom stereocenters. The molecule has 0 saturated carbocycles. The average Bonchev–Trinajstić information content (AvgIpc) is 2.51. The highest BCUT2D eigenvalue weighted by atomic mass is 15.1. The first-order valence-corrected chi connectivity index (χ1v) is 9.41. The lowest BCUT2D eigenvalue weighted by Gasteiger charge is -2.22. The second-order valence-electron chi connectivity index (χ2n) is 6.14. The summed E-state index contributed by atoms with van der Waals surface area (Å²) in [7, 11) is 0. The summed E-state index contributed by atoms with van der Waals surface area (Å²) in [5.41, 5.74) is 0. The van der Waals surface area contributed by atoms with Crippen LogP contribution in [0.1, 0.15) is 79.1 Å². The maximum atomic E-state index is 2.61. The summed E-state index contributed by atoms with van der Waals surface area (Å²) in [4.78, 5) is 5.13. The van der Waals surface area contributed by atoms with E-state index in [4.69, 9.17) is 0 Å². The molecule has 2 heteroatoms. The molecule has 0 aliphatic heterocycles. The minimum absolute atomic E-state index is 1.12. The summed E-state index contributed by atoms with van der Waals surface area (Å²) in [6, 6.07) is 0. The SMILES string of the molecule is CCCCN(C=CCN(CCCC)CCCC)CCCC. The molecule has 0 aromatic carbocycles. The van der Waals surface area contributed by atoms with Gasteiger partial charge in [-0.05, 0) is 45.0 Å². The molecule has 0 aliphatic rings. The smallest absolute Gasteiger partial charge is 0.0180 e. The summed E-state index contributed by atoms with van der Waals surface area (Å²) >= 11 is 0. The number of unbranched alkanes of at least 4 members (excludes halogenated alkanes) is 4. The van der Waals surface area contributed by atoms with Crippen molar-refractivity contribution in [1.29, 1.82) is 0 Å². The summed E-state index contributed by atoms with van der Waals surface area (Å²) in [5.74, 6) is 0. The van der Waals surface area contributed by atoms with E-state index in [2.05, 4.69) is 49.8 Å². The molecule has 2 nitrogen and oxygen atoms in total. The van der Waals surface area contributed by atoms with Crippen molar-refractivity contribution in [3.8, 4) is 0 Å². The Labute approximate surface area is 134 Å². The van der Waals surface area contributed by atoms with Gasteiger partial charge in [0.25, 0.3) is 0 Å². The van der Waals surface area contributed by atoms with Crippen molar-refractivity contribution in [2.45, 2.75) is 79.1 Å². The molecule has 21 heavy (non-hydrogen) atoms. The van der Waals surface area contributed by atoms with Gasteiger partial charge in [0.1, 0.15) is 0 Å². The molecule has 0 atom stereocenters. The van der Waals surface area contributed by atoms with Crippen LogP contribution in [0.4, 0.5) is 0 Å². The number of nitrogens with zero attached hydrogens (tertiary/aromatic N) is 2. The van der Waals surface area contributed by atoms with Gasteiger partial charge in [-0.1, -0.05) is 59.5 Å². The van der Waals surface area contributed by atoms with E-state index in [1.165, 1.54) is 77.5 Å². The predicted molar refractivity (Wildman–Crippen MR) is 96.8 cm³/mol. The third kappa shape index (κ3) is 12.9. The maximum Gasteiger partial charge on any atom is 0.0180 e. The van der Waals surface area contributed by atoms with Crippen LogP contribution in [0.2, 0.25) is 0 Å². The third-order valence-corrected chi connectivity index (χ3v) is 3.93. The first kappa shape index (κ1) is 20.5. The lowest BCUT2D eigenvalue weighted by molar-refractivity contribution is 0.289. The molecular weight excluding hydrogens is 256 g/mol. The highest BCUT2D eigenvalue weighted by Gasteiger charge is 2.02. The summed E-state index contributed by atoms with van der Waals surface area (Å²) in [6.07, 6.45) is 15.2. The van der Waals surface area contributed by atoms with Gasteiger partial charge in [-0.15, -0.1) is 0 Å². The van der Waals surface area contributed by atoms with Crippen molar-refractivity contribution in [2.75, 3.05) is 32.7 Å². The van der Waals surface area contributed by atoms with E-state index in [-0.39, 0.29) is 0 Å². The van der Waals surface area contributed by atoms with Crippen LogP contribution in [0, 0.1) is 0 Å². The molecule has 126 valence electrons. The molecule has 0 rings (SSSR count). The zero-order chi connectivity index (χ0) is 15.8. The Balaban J connectivity index is 4.19. The van der Waals surface area contributed by atoms with Gasteiger partial charge in [-0.25, -0.2) is 0 Å². The highest BCUT2D eigenvalue weighted by molar-refractivity contribution is 4.85. The Morgan fingerprint density at radius 3 is 1.48 bits per heavy atom. The fraction of sp³-hybridized carbons (Fsp3) is 0.895. The zero-order valence-corrected chi connectivity index (χ0v) is 15.2. The van der Waals surface area contributed by atoms with E-state index in [1.54, 1.807) is 0 Å². The van der Waals surface area contributed by atoms with E-state index in [0.717, 1.165) is 6.54 Å². The topological polar surface area (TPSA) is 6.48 Å². The quantitative estimate of drug-likeness (QED) is 0.404. The van der Waals surface area contributed by atoms with Gasteiger partial charge in [0.15, 0.2) is 0 Å². The molecule has 0 spiro atoms. The van der Waals surface area contributed by atoms with Crippen molar-refractivity contribution >= 4 is 0 Å². The van der Waals surface area contributed by atoms with Crippen LogP contribution in [0.5, 0.6) is 0 Å². The Bertz CT molecular complexity index is 210. The number of hydrogen-bond donors (Lipinski definition) is 0. The third-order valence-electron chi connectivity index (χ3n) is 3.93. The summed E-state index contributed by atoms with van der Waals surface area (Å²) in [5, 5.41) is 0. The van der Waals surface area contributed by atoms with Crippen LogP contribution in [0.15, 0.2) is 12.3 Å². The molecule has 0 N–H and O–H groups in total. The fourth-order valence-electron chi connectivity index (χ4n) is 2.39. The van der Waals surface area contributed by atoms with Gasteiger partial charge in [0.05, 0.1) is 0 Å². The van der Waals surface area contributed by atoms with E-state index < -0.39 is 0 Å². The van der Waals surface area contributed by atoms with Crippen LogP contribution in [-0.4, -0.2) is 42.5 Å². The number of rotatable bonds is 15. The molecule has 0 aromatic rings. The Hall–Kier alpha value is -0.500. The van der Waals surface area contributed by atoms with E-state index in [0.29, 0.717) is 0 Å². The van der Waals surface area contributed by atoms with E-state index in [9.17, 15) is 0 Å².